The first-order valence-electron chi connectivity index (χ1n) is 6.74. The van der Waals surface area contributed by atoms with Gasteiger partial charge in [0.1, 0.15) is 0 Å². The van der Waals surface area contributed by atoms with Crippen molar-refractivity contribution >= 4 is 0 Å². The molecule has 0 amide bonds. The normalized spacial score (nSPS) is 29.2. The topological polar surface area (TPSA) is 18.5 Å². The van der Waals surface area contributed by atoms with E-state index in [1.165, 1.54) is 39.0 Å². The van der Waals surface area contributed by atoms with Crippen molar-refractivity contribution in [3.8, 4) is 0 Å². The van der Waals surface area contributed by atoms with Gasteiger partial charge in [-0.3, -0.25) is 9.80 Å². The Morgan fingerprint density at radius 3 is 2.81 bits per heavy atom. The van der Waals surface area contributed by atoms with Crippen molar-refractivity contribution in [1.82, 2.24) is 15.1 Å². The van der Waals surface area contributed by atoms with Crippen molar-refractivity contribution in [3.63, 3.8) is 0 Å². The van der Waals surface area contributed by atoms with Crippen LogP contribution < -0.4 is 5.32 Å². The number of piperazine rings is 1. The fourth-order valence-corrected chi connectivity index (χ4v) is 2.72. The number of rotatable bonds is 4. The summed E-state index contributed by atoms with van der Waals surface area (Å²) in [7, 11) is 0. The molecular weight excluding hydrogens is 198 g/mol. The Balaban J connectivity index is 1.71. The highest BCUT2D eigenvalue weighted by Crippen LogP contribution is 2.17. The third-order valence-electron chi connectivity index (χ3n) is 3.75. The molecule has 0 aromatic rings. The van der Waals surface area contributed by atoms with Crippen LogP contribution in [0.2, 0.25) is 0 Å². The van der Waals surface area contributed by atoms with E-state index in [0.29, 0.717) is 6.04 Å². The Hall–Kier alpha value is -0.380. The highest BCUT2D eigenvalue weighted by molar-refractivity contribution is 4.98. The second kappa shape index (κ2) is 6.38. The molecule has 0 bridgehead atoms. The molecule has 1 atom stereocenters. The lowest BCUT2D eigenvalue weighted by molar-refractivity contribution is 0.263. The standard InChI is InChI=1S/C13H25N3/c1-2-16-10-4-6-13(16)5-3-9-15-11-7-14-8-12-15/h3,5,13-14H,2,4,6-12H2,1H3/b5-3-. The van der Waals surface area contributed by atoms with Gasteiger partial charge in [0.25, 0.3) is 0 Å². The van der Waals surface area contributed by atoms with Crippen molar-refractivity contribution in [1.29, 1.82) is 0 Å². The summed E-state index contributed by atoms with van der Waals surface area (Å²) >= 11 is 0. The molecule has 3 nitrogen and oxygen atoms in total. The molecule has 1 N–H and O–H groups in total. The molecule has 2 aliphatic heterocycles. The van der Waals surface area contributed by atoms with Crippen molar-refractivity contribution in [2.45, 2.75) is 25.8 Å². The van der Waals surface area contributed by atoms with Crippen LogP contribution in [0.1, 0.15) is 19.8 Å². The van der Waals surface area contributed by atoms with E-state index in [0.717, 1.165) is 19.6 Å². The van der Waals surface area contributed by atoms with Crippen LogP contribution in [0.25, 0.3) is 0 Å². The average Bonchev–Trinajstić information content (AvgIpc) is 2.78. The molecule has 0 aromatic heterocycles. The Labute approximate surface area is 99.5 Å². The number of hydrogen-bond donors (Lipinski definition) is 1. The highest BCUT2D eigenvalue weighted by atomic mass is 15.2. The van der Waals surface area contributed by atoms with Crippen molar-refractivity contribution in [2.24, 2.45) is 0 Å². The highest BCUT2D eigenvalue weighted by Gasteiger charge is 2.19. The van der Waals surface area contributed by atoms with E-state index in [9.17, 15) is 0 Å². The summed E-state index contributed by atoms with van der Waals surface area (Å²) in [5.41, 5.74) is 0. The van der Waals surface area contributed by atoms with Gasteiger partial charge in [0.05, 0.1) is 0 Å². The van der Waals surface area contributed by atoms with Gasteiger partial charge in [-0.05, 0) is 25.9 Å². The molecule has 0 spiro atoms. The van der Waals surface area contributed by atoms with Crippen LogP contribution in [0.15, 0.2) is 12.2 Å². The van der Waals surface area contributed by atoms with E-state index in [-0.39, 0.29) is 0 Å². The lowest BCUT2D eigenvalue weighted by Crippen LogP contribution is -2.43. The summed E-state index contributed by atoms with van der Waals surface area (Å²) in [6.45, 7) is 10.6. The third-order valence-corrected chi connectivity index (χ3v) is 3.75. The quantitative estimate of drug-likeness (QED) is 0.715. The predicted octanol–water partition coefficient (Wildman–Crippen LogP) is 0.932. The maximum atomic E-state index is 3.39. The SMILES string of the molecule is CCN1CCCC1/C=C\CN1CCNCC1. The fraction of sp³-hybridized carbons (Fsp3) is 0.846. The smallest absolute Gasteiger partial charge is 0.0279 e. The minimum Gasteiger partial charge on any atom is -0.314 e. The number of hydrogen-bond acceptors (Lipinski definition) is 3. The maximum Gasteiger partial charge on any atom is 0.0279 e. The molecule has 2 aliphatic rings. The van der Waals surface area contributed by atoms with Gasteiger partial charge < -0.3 is 5.32 Å². The zero-order valence-corrected chi connectivity index (χ0v) is 10.5. The molecule has 0 saturated carbocycles. The minimum atomic E-state index is 0.716. The zero-order valence-electron chi connectivity index (χ0n) is 10.5. The van der Waals surface area contributed by atoms with Gasteiger partial charge in [-0.25, -0.2) is 0 Å². The molecule has 1 unspecified atom stereocenters. The van der Waals surface area contributed by atoms with Crippen LogP contribution >= 0.6 is 0 Å². The molecule has 0 aromatic carbocycles. The third kappa shape index (κ3) is 3.30. The summed E-state index contributed by atoms with van der Waals surface area (Å²) in [5, 5.41) is 3.39. The van der Waals surface area contributed by atoms with Crippen molar-refractivity contribution in [3.05, 3.63) is 12.2 Å². The van der Waals surface area contributed by atoms with Gasteiger partial charge in [0, 0.05) is 38.8 Å². The monoisotopic (exact) mass is 223 g/mol. The van der Waals surface area contributed by atoms with Gasteiger partial charge in [0.15, 0.2) is 0 Å². The summed E-state index contributed by atoms with van der Waals surface area (Å²) in [6, 6.07) is 0.716. The van der Waals surface area contributed by atoms with Gasteiger partial charge in [0.2, 0.25) is 0 Å². The number of nitrogens with zero attached hydrogens (tertiary/aromatic N) is 2. The Morgan fingerprint density at radius 1 is 1.25 bits per heavy atom. The maximum absolute atomic E-state index is 3.39. The van der Waals surface area contributed by atoms with E-state index in [2.05, 4.69) is 34.2 Å². The fourth-order valence-electron chi connectivity index (χ4n) is 2.72. The van der Waals surface area contributed by atoms with Crippen LogP contribution in [0.4, 0.5) is 0 Å². The summed E-state index contributed by atoms with van der Waals surface area (Å²) in [6.07, 6.45) is 7.53. The second-order valence-corrected chi connectivity index (χ2v) is 4.82. The van der Waals surface area contributed by atoms with Crippen LogP contribution in [-0.4, -0.2) is 61.7 Å². The summed E-state index contributed by atoms with van der Waals surface area (Å²) in [4.78, 5) is 5.10. The second-order valence-electron chi connectivity index (χ2n) is 4.82. The number of likely N-dealkylation sites (tertiary alicyclic amines) is 1. The summed E-state index contributed by atoms with van der Waals surface area (Å²) < 4.78 is 0. The first-order valence-corrected chi connectivity index (χ1v) is 6.74. The molecular formula is C13H25N3. The van der Waals surface area contributed by atoms with E-state index in [1.807, 2.05) is 0 Å². The van der Waals surface area contributed by atoms with E-state index in [1.54, 1.807) is 0 Å². The van der Waals surface area contributed by atoms with Gasteiger partial charge in [-0.1, -0.05) is 19.1 Å². The predicted molar refractivity (Wildman–Crippen MR) is 68.7 cm³/mol. The lowest BCUT2D eigenvalue weighted by atomic mass is 10.2. The van der Waals surface area contributed by atoms with Crippen LogP contribution in [0.3, 0.4) is 0 Å². The van der Waals surface area contributed by atoms with E-state index >= 15 is 0 Å². The first kappa shape index (κ1) is 12.1. The minimum absolute atomic E-state index is 0.716. The van der Waals surface area contributed by atoms with Crippen LogP contribution in [0.5, 0.6) is 0 Å². The molecule has 0 aliphatic carbocycles. The van der Waals surface area contributed by atoms with Crippen molar-refractivity contribution in [2.75, 3.05) is 45.8 Å². The Morgan fingerprint density at radius 2 is 2.06 bits per heavy atom. The molecule has 2 heterocycles. The first-order chi connectivity index (χ1) is 7.90. The molecule has 2 fully saturated rings. The zero-order chi connectivity index (χ0) is 11.2. The largest absolute Gasteiger partial charge is 0.314 e. The van der Waals surface area contributed by atoms with Gasteiger partial charge in [-0.15, -0.1) is 0 Å². The molecule has 2 rings (SSSR count). The number of likely N-dealkylation sites (N-methyl/N-ethyl adjacent to an activating group) is 1. The molecule has 92 valence electrons. The van der Waals surface area contributed by atoms with Crippen LogP contribution in [-0.2, 0) is 0 Å². The molecule has 3 heteroatoms. The average molecular weight is 223 g/mol. The van der Waals surface area contributed by atoms with Crippen LogP contribution in [0, 0.1) is 0 Å². The van der Waals surface area contributed by atoms with E-state index < -0.39 is 0 Å². The van der Waals surface area contributed by atoms with E-state index in [4.69, 9.17) is 0 Å². The molecule has 0 radical (unpaired) electrons. The Bertz CT molecular complexity index is 221. The summed E-state index contributed by atoms with van der Waals surface area (Å²) in [5.74, 6) is 0. The van der Waals surface area contributed by atoms with Gasteiger partial charge in [-0.2, -0.15) is 0 Å². The molecule has 2 saturated heterocycles. The molecule has 16 heavy (non-hydrogen) atoms. The number of nitrogens with one attached hydrogen (secondary N) is 1. The lowest BCUT2D eigenvalue weighted by Gasteiger charge is -2.26. The van der Waals surface area contributed by atoms with Gasteiger partial charge >= 0.3 is 0 Å². The Kier molecular flexibility index (Phi) is 4.82. The van der Waals surface area contributed by atoms with Crippen molar-refractivity contribution < 1.29 is 0 Å².